The van der Waals surface area contributed by atoms with Gasteiger partial charge in [0.2, 0.25) is 0 Å². The number of aromatic nitrogens is 3. The van der Waals surface area contributed by atoms with Gasteiger partial charge in [0.15, 0.2) is 23.0 Å². The van der Waals surface area contributed by atoms with Crippen LogP contribution in [0, 0.1) is 5.82 Å². The highest BCUT2D eigenvalue weighted by Gasteiger charge is 2.15. The van der Waals surface area contributed by atoms with Crippen LogP contribution in [-0.2, 0) is 0 Å². The second kappa shape index (κ2) is 7.40. The van der Waals surface area contributed by atoms with Crippen molar-refractivity contribution >= 4 is 21.9 Å². The molecule has 0 amide bonds. The predicted molar refractivity (Wildman–Crippen MR) is 113 cm³/mol. The summed E-state index contributed by atoms with van der Waals surface area (Å²) in [5, 5.41) is 1.50. The van der Waals surface area contributed by atoms with Crippen LogP contribution in [0.4, 0.5) is 4.39 Å². The van der Waals surface area contributed by atoms with Crippen LogP contribution in [0.2, 0.25) is 0 Å². The fourth-order valence-corrected chi connectivity index (χ4v) is 3.35. The van der Waals surface area contributed by atoms with Crippen LogP contribution in [0.3, 0.4) is 0 Å². The molecule has 0 bridgehead atoms. The maximum Gasteiger partial charge on any atom is 0.167 e. The summed E-state index contributed by atoms with van der Waals surface area (Å²) in [4.78, 5) is 13.3. The number of halogens is 1. The van der Waals surface area contributed by atoms with Crippen LogP contribution in [0.25, 0.3) is 33.2 Å². The number of hydrogen-bond donors (Lipinski definition) is 0. The van der Waals surface area contributed by atoms with E-state index in [0.29, 0.717) is 33.7 Å². The van der Waals surface area contributed by atoms with Gasteiger partial charge in [-0.15, -0.1) is 0 Å². The number of methoxy groups -OCH3 is 1. The molecule has 0 unspecified atom stereocenters. The molecule has 5 nitrogen and oxygen atoms in total. The zero-order valence-corrected chi connectivity index (χ0v) is 16.0. The van der Waals surface area contributed by atoms with Crippen molar-refractivity contribution in [2.45, 2.75) is 0 Å². The fourth-order valence-electron chi connectivity index (χ4n) is 3.35. The third-order valence-corrected chi connectivity index (χ3v) is 4.80. The highest BCUT2D eigenvalue weighted by atomic mass is 19.1. The summed E-state index contributed by atoms with van der Waals surface area (Å²) in [6.45, 7) is 0. The molecule has 0 saturated carbocycles. The van der Waals surface area contributed by atoms with Crippen LogP contribution in [-0.4, -0.2) is 22.1 Å². The van der Waals surface area contributed by atoms with E-state index in [9.17, 15) is 4.39 Å². The lowest BCUT2D eigenvalue weighted by atomic mass is 10.1. The van der Waals surface area contributed by atoms with Crippen molar-refractivity contribution in [3.63, 3.8) is 0 Å². The zero-order valence-electron chi connectivity index (χ0n) is 16.0. The lowest BCUT2D eigenvalue weighted by Crippen LogP contribution is -1.96. The summed E-state index contributed by atoms with van der Waals surface area (Å²) in [6.07, 6.45) is 3.30. The van der Waals surface area contributed by atoms with E-state index in [2.05, 4.69) is 9.97 Å². The number of nitrogens with zero attached hydrogens (tertiary/aromatic N) is 3. The second-order valence-electron chi connectivity index (χ2n) is 6.67. The summed E-state index contributed by atoms with van der Waals surface area (Å²) >= 11 is 0. The Bertz CT molecular complexity index is 1370. The topological polar surface area (TPSA) is 57.1 Å². The van der Waals surface area contributed by atoms with E-state index in [1.807, 2.05) is 48.5 Å². The van der Waals surface area contributed by atoms with Gasteiger partial charge in [0, 0.05) is 34.8 Å². The molecule has 146 valence electrons. The maximum absolute atomic E-state index is 14.1. The highest BCUT2D eigenvalue weighted by Crippen LogP contribution is 2.37. The van der Waals surface area contributed by atoms with Crippen LogP contribution in [0.5, 0.6) is 17.2 Å². The van der Waals surface area contributed by atoms with Crippen molar-refractivity contribution in [2.24, 2.45) is 0 Å². The van der Waals surface area contributed by atoms with Crippen molar-refractivity contribution in [1.29, 1.82) is 0 Å². The van der Waals surface area contributed by atoms with Crippen molar-refractivity contribution in [1.82, 2.24) is 15.0 Å². The predicted octanol–water partition coefficient (Wildman–Crippen LogP) is 5.79. The first-order valence-electron chi connectivity index (χ1n) is 9.34. The van der Waals surface area contributed by atoms with Crippen LogP contribution < -0.4 is 9.47 Å². The largest absolute Gasteiger partial charge is 0.494 e. The summed E-state index contributed by atoms with van der Waals surface area (Å²) < 4.78 is 25.6. The Balaban J connectivity index is 1.70. The minimum Gasteiger partial charge on any atom is -0.494 e. The van der Waals surface area contributed by atoms with Gasteiger partial charge in [-0.05, 0) is 30.3 Å². The van der Waals surface area contributed by atoms with Crippen molar-refractivity contribution < 1.29 is 13.9 Å². The monoisotopic (exact) mass is 397 g/mol. The second-order valence-corrected chi connectivity index (χ2v) is 6.67. The molecule has 0 aliphatic heterocycles. The lowest BCUT2D eigenvalue weighted by molar-refractivity contribution is 0.387. The van der Waals surface area contributed by atoms with Crippen LogP contribution >= 0.6 is 0 Å². The van der Waals surface area contributed by atoms with Crippen LogP contribution in [0.1, 0.15) is 0 Å². The van der Waals surface area contributed by atoms with Gasteiger partial charge in [0.25, 0.3) is 0 Å². The first kappa shape index (κ1) is 18.0. The Labute approximate surface area is 171 Å². The number of rotatable bonds is 4. The molecule has 0 N–H and O–H groups in total. The molecule has 5 aromatic rings. The third-order valence-electron chi connectivity index (χ3n) is 4.80. The van der Waals surface area contributed by atoms with E-state index in [-0.39, 0.29) is 5.75 Å². The van der Waals surface area contributed by atoms with E-state index in [0.717, 1.165) is 10.9 Å². The Hall–Kier alpha value is -4.06. The molecule has 0 atom stereocenters. The van der Waals surface area contributed by atoms with Gasteiger partial charge in [0.1, 0.15) is 11.4 Å². The molecular weight excluding hydrogens is 381 g/mol. The SMILES string of the molecule is COc1cc2c(Oc3cc4cccnc4nc3-c3ccccc3)ccnc2cc1F. The summed E-state index contributed by atoms with van der Waals surface area (Å²) in [7, 11) is 1.43. The maximum atomic E-state index is 14.1. The van der Waals surface area contributed by atoms with E-state index >= 15 is 0 Å². The first-order chi connectivity index (χ1) is 14.7. The molecule has 5 rings (SSSR count). The minimum absolute atomic E-state index is 0.129. The van der Waals surface area contributed by atoms with E-state index in [1.165, 1.54) is 13.2 Å². The fraction of sp³-hybridized carbons (Fsp3) is 0.0417. The van der Waals surface area contributed by atoms with Crippen LogP contribution in [0.15, 0.2) is 79.1 Å². The average molecular weight is 397 g/mol. The number of fused-ring (bicyclic) bond motifs is 2. The van der Waals surface area contributed by atoms with E-state index < -0.39 is 5.82 Å². The third kappa shape index (κ3) is 3.18. The smallest absolute Gasteiger partial charge is 0.167 e. The number of benzene rings is 2. The van der Waals surface area contributed by atoms with Crippen molar-refractivity contribution in [2.75, 3.05) is 7.11 Å². The Kier molecular flexibility index (Phi) is 4.44. The minimum atomic E-state index is -0.474. The normalized spacial score (nSPS) is 11.0. The van der Waals surface area contributed by atoms with Gasteiger partial charge in [0.05, 0.1) is 12.6 Å². The average Bonchev–Trinajstić information content (AvgIpc) is 2.79. The summed E-state index contributed by atoms with van der Waals surface area (Å²) in [6, 6.07) is 20.1. The molecule has 3 aromatic heterocycles. The molecule has 0 saturated heterocycles. The van der Waals surface area contributed by atoms with Gasteiger partial charge in [-0.3, -0.25) is 4.98 Å². The van der Waals surface area contributed by atoms with Gasteiger partial charge in [-0.2, -0.15) is 0 Å². The molecule has 0 spiro atoms. The van der Waals surface area contributed by atoms with Crippen molar-refractivity contribution in [3.8, 4) is 28.5 Å². The number of hydrogen-bond acceptors (Lipinski definition) is 5. The van der Waals surface area contributed by atoms with E-state index in [1.54, 1.807) is 24.5 Å². The molecular formula is C24H16FN3O2. The van der Waals surface area contributed by atoms with Gasteiger partial charge >= 0.3 is 0 Å². The molecule has 30 heavy (non-hydrogen) atoms. The Morgan fingerprint density at radius 1 is 0.800 bits per heavy atom. The molecule has 2 aromatic carbocycles. The molecule has 0 aliphatic carbocycles. The summed E-state index contributed by atoms with van der Waals surface area (Å²) in [5.74, 6) is 0.751. The Morgan fingerprint density at radius 3 is 2.50 bits per heavy atom. The van der Waals surface area contributed by atoms with Gasteiger partial charge in [-0.25, -0.2) is 14.4 Å². The first-order valence-corrected chi connectivity index (χ1v) is 9.34. The summed E-state index contributed by atoms with van der Waals surface area (Å²) in [5.41, 5.74) is 2.68. The lowest BCUT2D eigenvalue weighted by Gasteiger charge is -2.14. The zero-order chi connectivity index (χ0) is 20.5. The van der Waals surface area contributed by atoms with Gasteiger partial charge < -0.3 is 9.47 Å². The standard InChI is InChI=1S/C24H16FN3O2/c1-29-21-13-17-19(14-18(21)25)26-11-9-20(17)30-22-12-16-8-5-10-27-24(16)28-23(22)15-6-3-2-4-7-15/h2-14H,1H3. The Morgan fingerprint density at radius 2 is 1.67 bits per heavy atom. The molecule has 0 fully saturated rings. The molecule has 6 heteroatoms. The van der Waals surface area contributed by atoms with Crippen molar-refractivity contribution in [3.05, 3.63) is 84.9 Å². The van der Waals surface area contributed by atoms with E-state index in [4.69, 9.17) is 14.5 Å². The number of pyridine rings is 3. The van der Waals surface area contributed by atoms with Gasteiger partial charge in [-0.1, -0.05) is 30.3 Å². The molecule has 0 radical (unpaired) electrons. The number of ether oxygens (including phenoxy) is 2. The molecule has 0 aliphatic rings. The quantitative estimate of drug-likeness (QED) is 0.384. The highest BCUT2D eigenvalue weighted by molar-refractivity contribution is 5.88. The molecule has 3 heterocycles.